The fraction of sp³-hybridized carbons (Fsp3) is 0.588. The highest BCUT2D eigenvalue weighted by Crippen LogP contribution is 2.56. The first-order valence-electron chi connectivity index (χ1n) is 7.69. The predicted octanol–water partition coefficient (Wildman–Crippen LogP) is 3.25. The first-order valence-corrected chi connectivity index (χ1v) is 7.69. The molecule has 0 saturated heterocycles. The Balaban J connectivity index is 2.22. The summed E-state index contributed by atoms with van der Waals surface area (Å²) in [6.45, 7) is 6.11. The van der Waals surface area contributed by atoms with Crippen LogP contribution in [0, 0.1) is 11.8 Å². The number of anilines is 1. The van der Waals surface area contributed by atoms with Gasteiger partial charge in [-0.25, -0.2) is 0 Å². The van der Waals surface area contributed by atoms with E-state index in [1.165, 1.54) is 12.8 Å². The predicted molar refractivity (Wildman–Crippen MR) is 81.4 cm³/mol. The molecule has 1 aliphatic carbocycles. The minimum Gasteiger partial charge on any atom is -0.324 e. The lowest BCUT2D eigenvalue weighted by molar-refractivity contribution is -0.118. The van der Waals surface area contributed by atoms with Crippen molar-refractivity contribution in [3.05, 3.63) is 29.8 Å². The van der Waals surface area contributed by atoms with Gasteiger partial charge in [0.1, 0.15) is 0 Å². The van der Waals surface area contributed by atoms with Gasteiger partial charge < -0.3 is 10.6 Å². The number of fused-ring (bicyclic) bond motifs is 1. The van der Waals surface area contributed by atoms with Gasteiger partial charge in [-0.05, 0) is 42.7 Å². The van der Waals surface area contributed by atoms with E-state index < -0.39 is 0 Å². The molecule has 3 nitrogen and oxygen atoms in total. The zero-order chi connectivity index (χ0) is 14.5. The van der Waals surface area contributed by atoms with E-state index in [1.54, 1.807) is 6.92 Å². The number of hydrogen-bond acceptors (Lipinski definition) is 2. The minimum atomic E-state index is -0.0976. The first-order chi connectivity index (χ1) is 9.54. The molecule has 3 unspecified atom stereocenters. The molecule has 1 heterocycles. The Bertz CT molecular complexity index is 538. The number of nitrogens with zero attached hydrogens (tertiary/aromatic N) is 1. The summed E-state index contributed by atoms with van der Waals surface area (Å²) in [6.07, 6.45) is 3.41. The van der Waals surface area contributed by atoms with E-state index in [0.717, 1.165) is 17.7 Å². The highest BCUT2D eigenvalue weighted by atomic mass is 16.2. The molecule has 1 amide bonds. The van der Waals surface area contributed by atoms with Crippen LogP contribution < -0.4 is 10.6 Å². The quantitative estimate of drug-likeness (QED) is 0.898. The molecule has 0 aromatic heterocycles. The van der Waals surface area contributed by atoms with E-state index in [1.807, 2.05) is 12.1 Å². The van der Waals surface area contributed by atoms with Gasteiger partial charge in [-0.3, -0.25) is 4.79 Å². The second-order valence-corrected chi connectivity index (χ2v) is 6.35. The van der Waals surface area contributed by atoms with Crippen LogP contribution in [0.5, 0.6) is 0 Å². The maximum atomic E-state index is 12.4. The van der Waals surface area contributed by atoms with Crippen molar-refractivity contribution in [2.75, 3.05) is 4.90 Å². The van der Waals surface area contributed by atoms with Crippen molar-refractivity contribution in [1.82, 2.24) is 0 Å². The molecule has 3 rings (SSSR count). The van der Waals surface area contributed by atoms with Crippen LogP contribution in [0.2, 0.25) is 0 Å². The van der Waals surface area contributed by atoms with Gasteiger partial charge in [0.25, 0.3) is 0 Å². The summed E-state index contributed by atoms with van der Waals surface area (Å²) in [4.78, 5) is 14.5. The fourth-order valence-corrected chi connectivity index (χ4v) is 4.35. The summed E-state index contributed by atoms with van der Waals surface area (Å²) in [7, 11) is 0. The zero-order valence-corrected chi connectivity index (χ0v) is 12.6. The number of carbonyl (C=O) groups is 1. The molecule has 1 aromatic rings. The van der Waals surface area contributed by atoms with Crippen LogP contribution in [0.1, 0.15) is 51.6 Å². The second-order valence-electron chi connectivity index (χ2n) is 6.35. The monoisotopic (exact) mass is 272 g/mol. The molecule has 3 atom stereocenters. The van der Waals surface area contributed by atoms with E-state index in [4.69, 9.17) is 5.73 Å². The number of nitrogens with two attached hydrogens (primary N) is 1. The van der Waals surface area contributed by atoms with Crippen molar-refractivity contribution in [3.8, 4) is 0 Å². The van der Waals surface area contributed by atoms with Crippen LogP contribution in [-0.2, 0) is 4.79 Å². The minimum absolute atomic E-state index is 0.0161. The molecule has 108 valence electrons. The number of rotatable bonds is 2. The molecule has 20 heavy (non-hydrogen) atoms. The van der Waals surface area contributed by atoms with E-state index >= 15 is 0 Å². The van der Waals surface area contributed by atoms with Gasteiger partial charge in [0.15, 0.2) is 0 Å². The van der Waals surface area contributed by atoms with Gasteiger partial charge >= 0.3 is 0 Å². The van der Waals surface area contributed by atoms with Crippen molar-refractivity contribution in [2.24, 2.45) is 17.6 Å². The number of para-hydroxylation sites is 1. The molecule has 3 heteroatoms. The van der Waals surface area contributed by atoms with Gasteiger partial charge in [-0.1, -0.05) is 32.0 Å². The first kappa shape index (κ1) is 13.6. The lowest BCUT2D eigenvalue weighted by Crippen LogP contribution is -2.62. The molecular weight excluding hydrogens is 248 g/mol. The van der Waals surface area contributed by atoms with Crippen molar-refractivity contribution < 1.29 is 4.79 Å². The Kier molecular flexibility index (Phi) is 3.13. The van der Waals surface area contributed by atoms with Crippen LogP contribution in [0.4, 0.5) is 5.69 Å². The average Bonchev–Trinajstić information content (AvgIpc) is 3.27. The van der Waals surface area contributed by atoms with Crippen LogP contribution in [0.3, 0.4) is 0 Å². The molecule has 1 aromatic carbocycles. The maximum absolute atomic E-state index is 12.4. The third-order valence-corrected chi connectivity index (χ3v) is 5.45. The fourth-order valence-electron chi connectivity index (χ4n) is 4.35. The molecule has 1 saturated carbocycles. The van der Waals surface area contributed by atoms with Crippen LogP contribution in [0.25, 0.3) is 0 Å². The van der Waals surface area contributed by atoms with Gasteiger partial charge in [0, 0.05) is 18.7 Å². The topological polar surface area (TPSA) is 46.3 Å². The zero-order valence-electron chi connectivity index (χ0n) is 12.6. The largest absolute Gasteiger partial charge is 0.324 e. The Hall–Kier alpha value is -1.35. The van der Waals surface area contributed by atoms with Crippen molar-refractivity contribution in [1.29, 1.82) is 0 Å². The van der Waals surface area contributed by atoms with Crippen LogP contribution in [0.15, 0.2) is 24.3 Å². The smallest absolute Gasteiger partial charge is 0.224 e. The highest BCUT2D eigenvalue weighted by Gasteiger charge is 2.57. The van der Waals surface area contributed by atoms with Crippen molar-refractivity contribution >= 4 is 11.6 Å². The number of carbonyl (C=O) groups excluding carboxylic acids is 1. The van der Waals surface area contributed by atoms with Crippen LogP contribution in [-0.4, -0.2) is 11.4 Å². The van der Waals surface area contributed by atoms with E-state index in [-0.39, 0.29) is 17.5 Å². The summed E-state index contributed by atoms with van der Waals surface area (Å²) >= 11 is 0. The number of amides is 1. The standard InChI is InChI=1S/C17H24N2O/c1-4-17(13-9-10-13)11(2)16(18)14-7-5-6-8-15(14)19(17)12(3)20/h5-8,11,13,16H,4,9-10,18H2,1-3H3. The normalized spacial score (nSPS) is 32.9. The van der Waals surface area contributed by atoms with E-state index in [2.05, 4.69) is 30.9 Å². The Morgan fingerprint density at radius 1 is 1.40 bits per heavy atom. The molecule has 1 aliphatic heterocycles. The summed E-state index contributed by atoms with van der Waals surface area (Å²) < 4.78 is 0. The Labute approximate surface area is 121 Å². The van der Waals surface area contributed by atoms with E-state index in [9.17, 15) is 4.79 Å². The highest BCUT2D eigenvalue weighted by molar-refractivity contribution is 5.95. The molecule has 0 spiro atoms. The van der Waals surface area contributed by atoms with Crippen LogP contribution >= 0.6 is 0 Å². The molecule has 2 N–H and O–H groups in total. The maximum Gasteiger partial charge on any atom is 0.224 e. The van der Waals surface area contributed by atoms with Gasteiger partial charge in [-0.2, -0.15) is 0 Å². The van der Waals surface area contributed by atoms with Crippen molar-refractivity contribution in [2.45, 2.75) is 51.6 Å². The molecule has 0 radical (unpaired) electrons. The van der Waals surface area contributed by atoms with Gasteiger partial charge in [0.05, 0.1) is 5.54 Å². The Morgan fingerprint density at radius 3 is 2.60 bits per heavy atom. The molecule has 1 fully saturated rings. The summed E-state index contributed by atoms with van der Waals surface area (Å²) in [5.41, 5.74) is 8.57. The SMILES string of the molecule is CCC1(C2CC2)C(C)C(N)c2ccccc2N1C(C)=O. The lowest BCUT2D eigenvalue weighted by atomic mass is 9.68. The summed E-state index contributed by atoms with van der Waals surface area (Å²) in [6, 6.07) is 8.15. The molecule has 0 bridgehead atoms. The van der Waals surface area contributed by atoms with E-state index in [0.29, 0.717) is 11.8 Å². The number of benzene rings is 1. The average molecular weight is 272 g/mol. The molecule has 2 aliphatic rings. The second kappa shape index (κ2) is 4.59. The third-order valence-electron chi connectivity index (χ3n) is 5.45. The summed E-state index contributed by atoms with van der Waals surface area (Å²) in [5, 5.41) is 0. The van der Waals surface area contributed by atoms with Gasteiger partial charge in [-0.15, -0.1) is 0 Å². The molecular formula is C17H24N2O. The number of hydrogen-bond donors (Lipinski definition) is 1. The van der Waals surface area contributed by atoms with Gasteiger partial charge in [0.2, 0.25) is 5.91 Å². The third kappa shape index (κ3) is 1.65. The Morgan fingerprint density at radius 2 is 2.05 bits per heavy atom. The van der Waals surface area contributed by atoms with Crippen molar-refractivity contribution in [3.63, 3.8) is 0 Å². The summed E-state index contributed by atoms with van der Waals surface area (Å²) in [5.74, 6) is 1.04. The lowest BCUT2D eigenvalue weighted by Gasteiger charge is -2.54.